The van der Waals surface area contributed by atoms with Crippen LogP contribution in [0.15, 0.2) is 302 Å². The molecule has 0 spiro atoms. The maximum Gasteiger partial charge on any atom is 0.227 e. The van der Waals surface area contributed by atoms with Gasteiger partial charge in [-0.1, -0.05) is 229 Å². The largest absolute Gasteiger partial charge is 0.354 e. The minimum Gasteiger partial charge on any atom is -0.354 e. The summed E-state index contributed by atoms with van der Waals surface area (Å²) < 4.78 is 0. The van der Waals surface area contributed by atoms with Gasteiger partial charge in [0, 0.05) is 167 Å². The SMILES string of the molecule is C1=Nc2cc(Nc3ncc4c(n3)-c3ccccc3C(c3ccccc3)C4)ccc2C1.Clc1ccccc1C1Cc2cnc(NCCc3cnc[nH]3)nc2-c2ccccc21.Clc1ccccc1C1Cc2cnc(Nc3ccc4c(c3)N=CC4)nc2-c2ccccc21.c1ccc(C2Cc3cnc(NCCc4cnc[nH]4)nc3-c3ccccc32)cc1. The maximum atomic E-state index is 6.56. The predicted octanol–water partition coefficient (Wildman–Crippen LogP) is 21.4. The van der Waals surface area contributed by atoms with Gasteiger partial charge in [0.15, 0.2) is 0 Å². The zero-order valence-electron chi connectivity index (χ0n) is 64.4. The lowest BCUT2D eigenvalue weighted by Gasteiger charge is -2.28. The first-order valence-corrected chi connectivity index (χ1v) is 40.7. The van der Waals surface area contributed by atoms with Crippen LogP contribution < -0.4 is 21.3 Å². The molecule has 20 heteroatoms. The summed E-state index contributed by atoms with van der Waals surface area (Å²) in [6, 6.07) is 84.1. The number of hydrogen-bond donors (Lipinski definition) is 6. The third-order valence-corrected chi connectivity index (χ3v) is 23.4. The van der Waals surface area contributed by atoms with Gasteiger partial charge in [0.25, 0.3) is 0 Å². The first kappa shape index (κ1) is 74.2. The second kappa shape index (κ2) is 33.9. The average molecular weight is 1580 g/mol. The number of aromatic amines is 2. The molecule has 6 aromatic heterocycles. The second-order valence-corrected chi connectivity index (χ2v) is 30.8. The summed E-state index contributed by atoms with van der Waals surface area (Å²) >= 11 is 13.1. The van der Waals surface area contributed by atoms with Crippen LogP contribution in [0, 0.1) is 0 Å². The first-order chi connectivity index (χ1) is 58.3. The molecule has 22 rings (SSSR count). The van der Waals surface area contributed by atoms with E-state index in [0.717, 1.165) is 165 Å². The number of halogens is 2. The lowest BCUT2D eigenvalue weighted by molar-refractivity contribution is 0.781. The molecular formula is C98H80Cl2N18. The Hall–Kier alpha value is -13.9. The molecule has 0 radical (unpaired) electrons. The molecule has 0 fully saturated rings. The van der Waals surface area contributed by atoms with Crippen molar-refractivity contribution in [2.24, 2.45) is 9.98 Å². The van der Waals surface area contributed by atoms with Crippen molar-refractivity contribution in [1.29, 1.82) is 0 Å². The van der Waals surface area contributed by atoms with Gasteiger partial charge in [0.1, 0.15) is 0 Å². The Morgan fingerprint density at radius 2 is 0.653 bits per heavy atom. The number of aliphatic imine (C=N–C) groups is 2. The van der Waals surface area contributed by atoms with Crippen molar-refractivity contribution in [3.63, 3.8) is 0 Å². The quantitative estimate of drug-likeness (QED) is 0.0528. The second-order valence-electron chi connectivity index (χ2n) is 30.0. The summed E-state index contributed by atoms with van der Waals surface area (Å²) in [7, 11) is 0. The molecule has 4 unspecified atom stereocenters. The van der Waals surface area contributed by atoms with E-state index < -0.39 is 0 Å². The van der Waals surface area contributed by atoms with E-state index in [1.165, 1.54) is 66.8 Å². The first-order valence-electron chi connectivity index (χ1n) is 40.0. The third kappa shape index (κ3) is 15.9. The number of rotatable bonds is 16. The van der Waals surface area contributed by atoms with E-state index in [0.29, 0.717) is 35.6 Å². The Kier molecular flexibility index (Phi) is 21.3. The van der Waals surface area contributed by atoms with E-state index in [1.54, 1.807) is 12.7 Å². The minimum absolute atomic E-state index is 0.189. The van der Waals surface area contributed by atoms with Crippen molar-refractivity contribution in [3.05, 3.63) is 392 Å². The molecule has 0 saturated carbocycles. The molecule has 118 heavy (non-hydrogen) atoms. The van der Waals surface area contributed by atoms with Crippen molar-refractivity contribution >= 4 is 82.2 Å². The lowest BCUT2D eigenvalue weighted by Crippen LogP contribution is -2.16. The van der Waals surface area contributed by atoms with Gasteiger partial charge in [-0.05, 0) is 140 Å². The Morgan fingerprint density at radius 3 is 1.03 bits per heavy atom. The highest BCUT2D eigenvalue weighted by atomic mass is 35.5. The molecule has 16 aromatic rings. The van der Waals surface area contributed by atoms with E-state index in [-0.39, 0.29) is 11.8 Å². The highest BCUT2D eigenvalue weighted by Gasteiger charge is 2.33. The van der Waals surface area contributed by atoms with Gasteiger partial charge in [-0.2, -0.15) is 0 Å². The Morgan fingerprint density at radius 1 is 0.322 bits per heavy atom. The number of aromatic nitrogens is 12. The number of H-pyrrole nitrogens is 2. The number of nitrogens with one attached hydrogen (secondary N) is 6. The van der Waals surface area contributed by atoms with Crippen molar-refractivity contribution in [2.45, 2.75) is 75.0 Å². The number of benzene rings is 10. The van der Waals surface area contributed by atoms with Crippen LogP contribution >= 0.6 is 23.2 Å². The van der Waals surface area contributed by atoms with Crippen LogP contribution in [0.1, 0.15) is 113 Å². The van der Waals surface area contributed by atoms with Gasteiger partial charge >= 0.3 is 0 Å². The Labute approximate surface area is 693 Å². The maximum absolute atomic E-state index is 6.56. The Bertz CT molecular complexity index is 6370. The summed E-state index contributed by atoms with van der Waals surface area (Å²) in [5.74, 6) is 3.58. The smallest absolute Gasteiger partial charge is 0.227 e. The van der Waals surface area contributed by atoms with Crippen molar-refractivity contribution in [1.82, 2.24) is 59.8 Å². The van der Waals surface area contributed by atoms with E-state index in [1.807, 2.05) is 92.1 Å². The molecule has 0 saturated heterocycles. The molecule has 0 amide bonds. The van der Waals surface area contributed by atoms with E-state index in [4.69, 9.17) is 43.1 Å². The highest BCUT2D eigenvalue weighted by Crippen LogP contribution is 2.48. The average Bonchev–Trinajstić information content (AvgIpc) is 0.887. The molecule has 6 N–H and O–H groups in total. The van der Waals surface area contributed by atoms with Crippen LogP contribution in [0.5, 0.6) is 0 Å². The van der Waals surface area contributed by atoms with Crippen molar-refractivity contribution in [2.75, 3.05) is 34.4 Å². The van der Waals surface area contributed by atoms with Crippen LogP contribution in [0.25, 0.3) is 45.0 Å². The normalized spacial score (nSPS) is 15.4. The standard InChI is InChI=1S/C26H19ClN4.C26H20N4.C23H20ClN5.C23H21N5/c27-23-8-4-3-6-20(23)22-13-17-15-29-26(31-25(17)21-7-2-1-5-19(21)22)30-18-10-9-16-11-12-28-24(16)14-18;1-2-6-17(7-3-1)23-14-19-16-28-26(30-25(19)22-9-5-4-8-21(22)23)29-20-11-10-18-12-13-27-24(18)15-20;24-21-8-4-3-6-18(21)20-11-15-12-27-23(26-10-9-16-13-25-14-28-16)29-22(15)19-7-2-1-5-17(19)20;1-2-6-16(7-3-1)21-12-17-13-26-23(25-11-10-18-14-24-15-27-18)28-22(17)20-9-5-4-8-19(20)21/h1-10,12,14-15,22H,11,13H2,(H,29,30,31);1-11,13,15-16,23H,12,14H2,(H,28,29,30);1-8,12-14,20H,9-11H2,(H,25,28)(H,26,27,29);1-9,13-15,21H,10-12H2,(H,24,27)(H,25,26,28). The summed E-state index contributed by atoms with van der Waals surface area (Å²) in [5, 5.41) is 15.0. The van der Waals surface area contributed by atoms with Crippen LogP contribution in [0.2, 0.25) is 10.0 Å². The number of fused-ring (bicyclic) bond motifs is 14. The zero-order valence-corrected chi connectivity index (χ0v) is 65.9. The zero-order chi connectivity index (χ0) is 79.1. The fourth-order valence-corrected chi connectivity index (χ4v) is 17.5. The molecule has 10 aromatic carbocycles. The predicted molar refractivity (Wildman–Crippen MR) is 473 cm³/mol. The van der Waals surface area contributed by atoms with Gasteiger partial charge in [-0.25, -0.2) is 49.8 Å². The van der Waals surface area contributed by atoms with E-state index in [9.17, 15) is 0 Å². The summed E-state index contributed by atoms with van der Waals surface area (Å²) in [6.45, 7) is 1.50. The summed E-state index contributed by atoms with van der Waals surface area (Å²) in [5.41, 5.74) is 32.1. The molecule has 576 valence electrons. The monoisotopic (exact) mass is 1580 g/mol. The molecule has 6 aliphatic rings. The molecule has 4 atom stereocenters. The van der Waals surface area contributed by atoms with Crippen LogP contribution in [0.3, 0.4) is 0 Å². The number of anilines is 6. The van der Waals surface area contributed by atoms with Gasteiger partial charge < -0.3 is 31.2 Å². The molecule has 8 heterocycles. The highest BCUT2D eigenvalue weighted by molar-refractivity contribution is 6.31. The van der Waals surface area contributed by atoms with Crippen LogP contribution in [-0.4, -0.2) is 85.3 Å². The van der Waals surface area contributed by atoms with Crippen molar-refractivity contribution in [3.8, 4) is 45.0 Å². The topological polar surface area (TPSA) is 233 Å². The lowest BCUT2D eigenvalue weighted by atomic mass is 9.78. The number of nitrogens with zero attached hydrogens (tertiary/aromatic N) is 12. The minimum atomic E-state index is 0.189. The Balaban J connectivity index is 0.000000105. The van der Waals surface area contributed by atoms with E-state index in [2.05, 4.69) is 271 Å². The molecule has 0 bridgehead atoms. The van der Waals surface area contributed by atoms with Gasteiger partial charge in [-0.3, -0.25) is 9.98 Å². The van der Waals surface area contributed by atoms with E-state index >= 15 is 0 Å². The van der Waals surface area contributed by atoms with Crippen LogP contribution in [0.4, 0.5) is 46.5 Å². The fourth-order valence-electron chi connectivity index (χ4n) is 16.9. The third-order valence-electron chi connectivity index (χ3n) is 22.7. The molecule has 2 aliphatic heterocycles. The molecule has 18 nitrogen and oxygen atoms in total. The molecule has 4 aliphatic carbocycles. The fraction of sp³-hybridized carbons (Fsp3) is 0.143. The van der Waals surface area contributed by atoms with Gasteiger partial charge in [-0.15, -0.1) is 0 Å². The van der Waals surface area contributed by atoms with Crippen LogP contribution in [-0.2, 0) is 51.4 Å². The number of hydrogen-bond acceptors (Lipinski definition) is 16. The van der Waals surface area contributed by atoms with Gasteiger partial charge in [0.2, 0.25) is 23.8 Å². The van der Waals surface area contributed by atoms with Crippen molar-refractivity contribution < 1.29 is 0 Å². The number of imidazole rings is 2. The molecular weight excluding hydrogens is 1500 g/mol. The summed E-state index contributed by atoms with van der Waals surface area (Å²) in [4.78, 5) is 61.0. The van der Waals surface area contributed by atoms with Gasteiger partial charge in [0.05, 0.1) is 46.8 Å². The summed E-state index contributed by atoms with van der Waals surface area (Å²) in [6.07, 6.45) is 25.8.